The molecule has 7 nitrogen and oxygen atoms in total. The van der Waals surface area contributed by atoms with Crippen LogP contribution < -0.4 is 14.8 Å². The third-order valence-electron chi connectivity index (χ3n) is 3.50. The van der Waals surface area contributed by atoms with Gasteiger partial charge in [0.15, 0.2) is 6.61 Å². The Kier molecular flexibility index (Phi) is 5.64. The highest BCUT2D eigenvalue weighted by Crippen LogP contribution is 2.24. The lowest BCUT2D eigenvalue weighted by atomic mass is 10.3. The topological polar surface area (TPSA) is 90.7 Å². The fourth-order valence-corrected chi connectivity index (χ4v) is 2.29. The first-order chi connectivity index (χ1) is 13.1. The summed E-state index contributed by atoms with van der Waals surface area (Å²) in [5.41, 5.74) is 0.453. The highest BCUT2D eigenvalue weighted by atomic mass is 16.6. The van der Waals surface area contributed by atoms with Gasteiger partial charge in [-0.1, -0.05) is 30.3 Å². The molecule has 3 aromatic carbocycles. The number of hydrogen-bond acceptors (Lipinski definition) is 5. The number of nitrogens with zero attached hydrogens (tertiary/aromatic N) is 1. The van der Waals surface area contributed by atoms with Crippen molar-refractivity contribution in [3.63, 3.8) is 0 Å². The summed E-state index contributed by atoms with van der Waals surface area (Å²) in [6, 6.07) is 21.9. The number of nitrogens with one attached hydrogen (secondary N) is 1. The maximum absolute atomic E-state index is 12.1. The van der Waals surface area contributed by atoms with E-state index in [4.69, 9.17) is 9.47 Å². The van der Waals surface area contributed by atoms with Gasteiger partial charge in [-0.3, -0.25) is 14.9 Å². The number of anilines is 1. The van der Waals surface area contributed by atoms with Gasteiger partial charge < -0.3 is 14.8 Å². The van der Waals surface area contributed by atoms with Crippen LogP contribution in [0.4, 0.5) is 11.4 Å². The molecule has 136 valence electrons. The maximum atomic E-state index is 12.1. The number of nitro benzene ring substituents is 1. The van der Waals surface area contributed by atoms with Gasteiger partial charge in [-0.2, -0.15) is 0 Å². The molecule has 0 bridgehead atoms. The first-order valence-corrected chi connectivity index (χ1v) is 8.10. The number of benzene rings is 3. The average molecular weight is 364 g/mol. The second-order valence-corrected chi connectivity index (χ2v) is 5.53. The molecule has 0 saturated carbocycles. The van der Waals surface area contributed by atoms with E-state index >= 15 is 0 Å². The highest BCUT2D eigenvalue weighted by molar-refractivity contribution is 5.92. The van der Waals surface area contributed by atoms with E-state index in [1.807, 2.05) is 30.3 Å². The van der Waals surface area contributed by atoms with E-state index in [9.17, 15) is 14.9 Å². The van der Waals surface area contributed by atoms with E-state index in [0.717, 1.165) is 0 Å². The number of non-ortho nitro benzene ring substituents is 1. The molecular formula is C20H16N2O5. The number of carbonyl (C=O) groups is 1. The Morgan fingerprint density at radius 1 is 0.889 bits per heavy atom. The molecule has 0 atom stereocenters. The lowest BCUT2D eigenvalue weighted by Crippen LogP contribution is -2.20. The van der Waals surface area contributed by atoms with Gasteiger partial charge in [-0.15, -0.1) is 0 Å². The third-order valence-corrected chi connectivity index (χ3v) is 3.50. The second-order valence-electron chi connectivity index (χ2n) is 5.53. The van der Waals surface area contributed by atoms with Crippen molar-refractivity contribution >= 4 is 17.3 Å². The number of para-hydroxylation sites is 1. The van der Waals surface area contributed by atoms with Gasteiger partial charge in [0.25, 0.3) is 11.6 Å². The van der Waals surface area contributed by atoms with Crippen LogP contribution in [0.3, 0.4) is 0 Å². The normalized spacial score (nSPS) is 10.1. The van der Waals surface area contributed by atoms with E-state index in [0.29, 0.717) is 17.2 Å². The zero-order valence-electron chi connectivity index (χ0n) is 14.2. The molecule has 1 amide bonds. The van der Waals surface area contributed by atoms with Crippen LogP contribution in [0.15, 0.2) is 78.9 Å². The first kappa shape index (κ1) is 17.9. The Labute approximate surface area is 155 Å². The Morgan fingerprint density at radius 2 is 1.59 bits per heavy atom. The van der Waals surface area contributed by atoms with Crippen LogP contribution in [0.1, 0.15) is 0 Å². The minimum absolute atomic E-state index is 0.0985. The van der Waals surface area contributed by atoms with Crippen LogP contribution in [0, 0.1) is 10.1 Å². The summed E-state index contributed by atoms with van der Waals surface area (Å²) >= 11 is 0. The van der Waals surface area contributed by atoms with Crippen molar-refractivity contribution < 1.29 is 19.2 Å². The molecule has 0 spiro atoms. The molecule has 0 heterocycles. The van der Waals surface area contributed by atoms with E-state index in [1.165, 1.54) is 18.2 Å². The third kappa shape index (κ3) is 5.30. The van der Waals surface area contributed by atoms with Crippen LogP contribution >= 0.6 is 0 Å². The molecular weight excluding hydrogens is 348 g/mol. The highest BCUT2D eigenvalue weighted by Gasteiger charge is 2.09. The standard InChI is InChI=1S/C20H16N2O5/c23-20(14-26-18-10-5-7-16(13-18)22(24)25)21-15-6-4-11-19(12-15)27-17-8-2-1-3-9-17/h1-13H,14H2,(H,21,23). The van der Waals surface area contributed by atoms with E-state index < -0.39 is 10.8 Å². The first-order valence-electron chi connectivity index (χ1n) is 8.10. The number of ether oxygens (including phenoxy) is 2. The molecule has 0 saturated heterocycles. The zero-order valence-corrected chi connectivity index (χ0v) is 14.2. The number of carbonyl (C=O) groups excluding carboxylic acids is 1. The molecule has 1 N–H and O–H groups in total. The van der Waals surface area contributed by atoms with E-state index in [1.54, 1.807) is 30.3 Å². The van der Waals surface area contributed by atoms with Gasteiger partial charge in [-0.05, 0) is 30.3 Å². The van der Waals surface area contributed by atoms with Gasteiger partial charge in [0.05, 0.1) is 11.0 Å². The van der Waals surface area contributed by atoms with Crippen LogP contribution in [-0.2, 0) is 4.79 Å². The van der Waals surface area contributed by atoms with Crippen molar-refractivity contribution in [3.8, 4) is 17.2 Å². The fourth-order valence-electron chi connectivity index (χ4n) is 2.29. The van der Waals surface area contributed by atoms with Crippen molar-refractivity contribution in [2.75, 3.05) is 11.9 Å². The Morgan fingerprint density at radius 3 is 2.37 bits per heavy atom. The molecule has 0 unspecified atom stereocenters. The van der Waals surface area contributed by atoms with Crippen LogP contribution in [0.25, 0.3) is 0 Å². The molecule has 7 heteroatoms. The van der Waals surface area contributed by atoms with Gasteiger partial charge in [-0.25, -0.2) is 0 Å². The summed E-state index contributed by atoms with van der Waals surface area (Å²) in [5.74, 6) is 1.13. The average Bonchev–Trinajstić information content (AvgIpc) is 2.68. The molecule has 3 rings (SSSR count). The van der Waals surface area contributed by atoms with Crippen LogP contribution in [-0.4, -0.2) is 17.4 Å². The fraction of sp³-hybridized carbons (Fsp3) is 0.0500. The van der Waals surface area contributed by atoms with Crippen LogP contribution in [0.5, 0.6) is 17.2 Å². The van der Waals surface area contributed by atoms with Gasteiger partial charge >= 0.3 is 0 Å². The SMILES string of the molecule is O=C(COc1cccc([N+](=O)[O-])c1)Nc1cccc(Oc2ccccc2)c1. The molecule has 0 aliphatic carbocycles. The molecule has 0 aliphatic rings. The van der Waals surface area contributed by atoms with E-state index in [-0.39, 0.29) is 18.0 Å². The van der Waals surface area contributed by atoms with E-state index in [2.05, 4.69) is 5.32 Å². The Hall–Kier alpha value is -3.87. The smallest absolute Gasteiger partial charge is 0.273 e. The summed E-state index contributed by atoms with van der Waals surface area (Å²) < 4.78 is 11.0. The zero-order chi connectivity index (χ0) is 19.1. The van der Waals surface area contributed by atoms with Crippen molar-refractivity contribution in [3.05, 3.63) is 89.0 Å². The van der Waals surface area contributed by atoms with Gasteiger partial charge in [0.2, 0.25) is 0 Å². The van der Waals surface area contributed by atoms with Crippen molar-refractivity contribution in [1.29, 1.82) is 0 Å². The van der Waals surface area contributed by atoms with Crippen molar-refractivity contribution in [2.24, 2.45) is 0 Å². The van der Waals surface area contributed by atoms with Crippen molar-refractivity contribution in [1.82, 2.24) is 0 Å². The molecule has 0 aliphatic heterocycles. The minimum atomic E-state index is -0.523. The Bertz CT molecular complexity index is 944. The second kappa shape index (κ2) is 8.48. The molecule has 0 aromatic heterocycles. The summed E-state index contributed by atoms with van der Waals surface area (Å²) in [4.78, 5) is 22.3. The summed E-state index contributed by atoms with van der Waals surface area (Å²) in [6.07, 6.45) is 0. The predicted octanol–water partition coefficient (Wildman–Crippen LogP) is 4.40. The number of amides is 1. The molecule has 0 radical (unpaired) electrons. The van der Waals surface area contributed by atoms with Gasteiger partial charge in [0, 0.05) is 17.8 Å². The monoisotopic (exact) mass is 364 g/mol. The lowest BCUT2D eigenvalue weighted by molar-refractivity contribution is -0.384. The van der Waals surface area contributed by atoms with Crippen molar-refractivity contribution in [2.45, 2.75) is 0 Å². The predicted molar refractivity (Wildman–Crippen MR) is 100 cm³/mol. The lowest BCUT2D eigenvalue weighted by Gasteiger charge is -2.10. The Balaban J connectivity index is 1.57. The number of nitro groups is 1. The number of hydrogen-bond donors (Lipinski definition) is 1. The summed E-state index contributed by atoms with van der Waals surface area (Å²) in [5, 5.41) is 13.5. The summed E-state index contributed by atoms with van der Waals surface area (Å²) in [6.45, 7) is -0.273. The molecule has 3 aromatic rings. The largest absolute Gasteiger partial charge is 0.484 e. The maximum Gasteiger partial charge on any atom is 0.273 e. The number of rotatable bonds is 7. The molecule has 0 fully saturated rings. The summed E-state index contributed by atoms with van der Waals surface area (Å²) in [7, 11) is 0. The molecule has 27 heavy (non-hydrogen) atoms. The van der Waals surface area contributed by atoms with Gasteiger partial charge in [0.1, 0.15) is 17.2 Å². The minimum Gasteiger partial charge on any atom is -0.484 e. The quantitative estimate of drug-likeness (QED) is 0.495. The van der Waals surface area contributed by atoms with Crippen LogP contribution in [0.2, 0.25) is 0 Å².